The van der Waals surface area contributed by atoms with E-state index in [0.29, 0.717) is 5.92 Å². The molecule has 4 heteroatoms. The second-order valence-electron chi connectivity index (χ2n) is 14.3. The van der Waals surface area contributed by atoms with Crippen molar-refractivity contribution in [1.82, 2.24) is 0 Å². The molecule has 0 heterocycles. The van der Waals surface area contributed by atoms with Gasteiger partial charge in [-0.1, -0.05) is 123 Å². The van der Waals surface area contributed by atoms with Gasteiger partial charge in [0.1, 0.15) is 0 Å². The van der Waals surface area contributed by atoms with Gasteiger partial charge in [-0.25, -0.2) is 10.8 Å². The maximum atomic E-state index is 3.53. The number of aryl methyl sites for hydroxylation is 1. The fourth-order valence-electron chi connectivity index (χ4n) is 5.10. The fraction of sp³-hybridized carbons (Fsp3) is 0.400. The van der Waals surface area contributed by atoms with Crippen molar-refractivity contribution in [3.8, 4) is 11.1 Å². The van der Waals surface area contributed by atoms with Gasteiger partial charge < -0.3 is 7.43 Å². The molecule has 0 radical (unpaired) electrons. The van der Waals surface area contributed by atoms with E-state index in [1.165, 1.54) is 68.8 Å². The van der Waals surface area contributed by atoms with Crippen LogP contribution in [0, 0.1) is 38.5 Å². The molecule has 0 bridgehead atoms. The number of fused-ring (bicyclic) bond motifs is 3. The van der Waals surface area contributed by atoms with E-state index < -0.39 is 8.07 Å². The molecule has 0 saturated heterocycles. The van der Waals surface area contributed by atoms with Crippen molar-refractivity contribution in [2.24, 2.45) is 5.92 Å². The van der Waals surface area contributed by atoms with Crippen LogP contribution in [0.15, 0.2) is 71.4 Å². The summed E-state index contributed by atoms with van der Waals surface area (Å²) in [7, 11) is -1.07. The van der Waals surface area contributed by atoms with E-state index in [9.17, 15) is 0 Å². The van der Waals surface area contributed by atoms with Gasteiger partial charge >= 0.3 is 28.4 Å². The topological polar surface area (TPSA) is 0 Å². The molecule has 0 fully saturated rings. The van der Waals surface area contributed by atoms with E-state index in [4.69, 9.17) is 0 Å². The van der Waals surface area contributed by atoms with Crippen LogP contribution in [0.4, 0.5) is 0 Å². The van der Waals surface area contributed by atoms with Crippen LogP contribution in [0.3, 0.4) is 0 Å². The zero-order chi connectivity index (χ0) is 31.2. The fourth-order valence-corrected chi connectivity index (χ4v) is 7.05. The van der Waals surface area contributed by atoms with Crippen LogP contribution in [0.5, 0.6) is 0 Å². The van der Waals surface area contributed by atoms with Crippen LogP contribution in [0.1, 0.15) is 83.2 Å². The van der Waals surface area contributed by atoms with Gasteiger partial charge in [-0.05, 0) is 25.5 Å². The number of benzene rings is 3. The molecule has 0 aromatic heterocycles. The van der Waals surface area contributed by atoms with Gasteiger partial charge in [-0.15, -0.1) is 30.4 Å². The number of hydrogen-bond acceptors (Lipinski definition) is 0. The number of halogens is 2. The molecule has 0 nitrogen and oxygen atoms in total. The van der Waals surface area contributed by atoms with E-state index in [1.54, 1.807) is 5.20 Å². The molecule has 0 N–H and O–H groups in total. The minimum absolute atomic E-state index is 0. The molecule has 0 spiro atoms. The summed E-state index contributed by atoms with van der Waals surface area (Å²) in [4.78, 5) is 0. The average molecular weight is 727 g/mol. The van der Waals surface area contributed by atoms with Crippen LogP contribution >= 0.6 is 24.8 Å². The molecule has 1 unspecified atom stereocenters. The zero-order valence-electron chi connectivity index (χ0n) is 29.6. The second-order valence-corrected chi connectivity index (χ2v) is 19.3. The zero-order valence-corrected chi connectivity index (χ0v) is 34.7. The van der Waals surface area contributed by atoms with Gasteiger partial charge in [-0.2, -0.15) is 71.3 Å². The summed E-state index contributed by atoms with van der Waals surface area (Å²) in [6.07, 6.45) is 6.84. The van der Waals surface area contributed by atoms with Gasteiger partial charge in [0.25, 0.3) is 0 Å². The summed E-state index contributed by atoms with van der Waals surface area (Å²) in [6.45, 7) is 27.3. The smallest absolute Gasteiger partial charge is 0.358 e. The number of allylic oxidation sites excluding steroid dienone is 4. The van der Waals surface area contributed by atoms with Gasteiger partial charge in [0.15, 0.2) is 0 Å². The van der Waals surface area contributed by atoms with Gasteiger partial charge in [0.2, 0.25) is 0 Å². The summed E-state index contributed by atoms with van der Waals surface area (Å²) in [5.74, 6) is 0.553. The van der Waals surface area contributed by atoms with E-state index in [0.717, 1.165) is 6.42 Å². The van der Waals surface area contributed by atoms with Crippen molar-refractivity contribution in [1.29, 1.82) is 0 Å². The van der Waals surface area contributed by atoms with Crippen molar-refractivity contribution >= 4 is 37.1 Å². The third-order valence-electron chi connectivity index (χ3n) is 7.48. The average Bonchev–Trinajstić information content (AvgIpc) is 3.43. The summed E-state index contributed by atoms with van der Waals surface area (Å²) >= 11 is 1.30. The molecule has 44 heavy (non-hydrogen) atoms. The minimum atomic E-state index is -1.07. The monoisotopic (exact) mass is 724 g/mol. The third-order valence-corrected chi connectivity index (χ3v) is 9.64. The molecule has 0 amide bonds. The molecular weight excluding hydrogens is 671 g/mol. The molecule has 2 aliphatic rings. The van der Waals surface area contributed by atoms with Crippen molar-refractivity contribution in [3.05, 3.63) is 125 Å². The van der Waals surface area contributed by atoms with E-state index in [-0.39, 0.29) is 43.1 Å². The Kier molecular flexibility index (Phi) is 19.1. The molecule has 242 valence electrons. The summed E-state index contributed by atoms with van der Waals surface area (Å²) in [5.41, 5.74) is 11.5. The van der Waals surface area contributed by atoms with Gasteiger partial charge in [0, 0.05) is 0 Å². The van der Waals surface area contributed by atoms with Crippen LogP contribution < -0.4 is 0 Å². The van der Waals surface area contributed by atoms with E-state index in [1.807, 2.05) is 24.3 Å². The van der Waals surface area contributed by atoms with Crippen LogP contribution in [0.25, 0.3) is 11.1 Å². The molecule has 0 aliphatic heterocycles. The Balaban J connectivity index is 0. The van der Waals surface area contributed by atoms with Crippen molar-refractivity contribution < 1.29 is 24.2 Å². The normalized spacial score (nSPS) is 14.4. The molecule has 0 saturated carbocycles. The molecule has 1 atom stereocenters. The molecule has 2 aliphatic carbocycles. The van der Waals surface area contributed by atoms with Crippen LogP contribution in [-0.2, 0) is 41.5 Å². The standard InChI is InChI=1S/C21H25.C10H17Si.C7H7.CH3.CH2.2ClH.Zr/c1-20(2,3)16-9-7-14-11-15-8-10-17(21(4,5)6)13-19(15)18(14)12-16;1-8-6-9(2)10(7-8)11(3,4)5;1-7-5-3-2-4-6-7;;;;;/h7,9-10,12-13H,11H2,1-6H3;7-8H,1-5H3;3-6H,1H3;1H3;1H2;2*1H;/q4*-1;;;;. The van der Waals surface area contributed by atoms with Crippen LogP contribution in [0.2, 0.25) is 19.6 Å². The Labute approximate surface area is 300 Å². The Morgan fingerprint density at radius 1 is 0.818 bits per heavy atom. The Morgan fingerprint density at radius 3 is 1.73 bits per heavy atom. The summed E-state index contributed by atoms with van der Waals surface area (Å²) in [5, 5.41) is 1.60. The first-order chi connectivity index (χ1) is 19.0. The molecule has 3 aromatic rings. The maximum Gasteiger partial charge on any atom is -0.358 e. The first-order valence-electron chi connectivity index (χ1n) is 14.8. The van der Waals surface area contributed by atoms with Crippen LogP contribution in [-0.4, -0.2) is 12.3 Å². The predicted molar refractivity (Wildman–Crippen MR) is 202 cm³/mol. The van der Waals surface area contributed by atoms with Crippen molar-refractivity contribution in [2.45, 2.75) is 99.2 Å². The summed E-state index contributed by atoms with van der Waals surface area (Å²) < 4.78 is 3.34. The van der Waals surface area contributed by atoms with Crippen molar-refractivity contribution in [2.75, 3.05) is 0 Å². The van der Waals surface area contributed by atoms with E-state index >= 15 is 0 Å². The SMILES string of the molecule is CC(C)(C)c1c[c-]c2c(c1)-c1cc(C(C)(C)C)ccc1C2.CC1=[C-]C(C)C=C1[Si](C)(C)C.Cc1cc[c-]cc1.Cl.Cl.[CH2]=[Zr].[CH3-]. The Morgan fingerprint density at radius 2 is 1.34 bits per heavy atom. The maximum absolute atomic E-state index is 3.53. The Bertz CT molecular complexity index is 1310. The second kappa shape index (κ2) is 18.7. The predicted octanol–water partition coefficient (Wildman–Crippen LogP) is 11.9. The van der Waals surface area contributed by atoms with E-state index in [2.05, 4.69) is 141 Å². The Hall–Kier alpha value is -1.31. The molecular formula is C40H56Cl2SiZr-4. The summed E-state index contributed by atoms with van der Waals surface area (Å²) in [6, 6.07) is 25.9. The molecule has 5 rings (SSSR count). The first kappa shape index (κ1) is 44.8. The van der Waals surface area contributed by atoms with Gasteiger partial charge in [0.05, 0.1) is 0 Å². The minimum Gasteiger partial charge on any atom is -0.358 e. The quantitative estimate of drug-likeness (QED) is 0.135. The first-order valence-corrected chi connectivity index (χ1v) is 20.0. The number of rotatable bonds is 1. The molecule has 3 aromatic carbocycles. The number of hydrogen-bond donors (Lipinski definition) is 0. The van der Waals surface area contributed by atoms with Crippen molar-refractivity contribution in [3.63, 3.8) is 0 Å². The van der Waals surface area contributed by atoms with Gasteiger partial charge in [-0.3, -0.25) is 6.08 Å². The largest absolute Gasteiger partial charge is 0.358 e. The third kappa shape index (κ3) is 12.8.